The molecule has 0 saturated carbocycles. The van der Waals surface area contributed by atoms with Gasteiger partial charge in [-0.25, -0.2) is 9.79 Å². The molecule has 0 aliphatic carbocycles. The molecule has 4 aromatic rings. The summed E-state index contributed by atoms with van der Waals surface area (Å²) in [6.07, 6.45) is 1.71. The SMILES string of the molecule is CCOC(=O)C1=C(C)N=c2s/c(=C/c3cc(Br)c(OCc4ccc(Cl)cc4)c(OCC)c3)c(=O)n2[C@H]1c1ccc(C)c([N+](=O)[O-])c1. The number of hydrogen-bond acceptors (Lipinski definition) is 9. The highest BCUT2D eigenvalue weighted by Gasteiger charge is 2.34. The van der Waals surface area contributed by atoms with Crippen molar-refractivity contribution in [2.45, 2.75) is 40.3 Å². The lowest BCUT2D eigenvalue weighted by Gasteiger charge is -2.24. The van der Waals surface area contributed by atoms with Crippen molar-refractivity contribution >= 4 is 56.6 Å². The molecular weight excluding hydrogens is 698 g/mol. The van der Waals surface area contributed by atoms with Gasteiger partial charge in [-0.2, -0.15) is 0 Å². The van der Waals surface area contributed by atoms with Crippen LogP contribution >= 0.6 is 38.9 Å². The number of aryl methyl sites for hydroxylation is 1. The fraction of sp³-hybridized carbons (Fsp3) is 0.242. The molecule has 1 aromatic heterocycles. The predicted molar refractivity (Wildman–Crippen MR) is 179 cm³/mol. The Kier molecular flexibility index (Phi) is 10.1. The molecule has 10 nitrogen and oxygen atoms in total. The van der Waals surface area contributed by atoms with Gasteiger partial charge in [0.05, 0.1) is 44.5 Å². The summed E-state index contributed by atoms with van der Waals surface area (Å²) in [7, 11) is 0. The molecule has 3 aromatic carbocycles. The van der Waals surface area contributed by atoms with Crippen LogP contribution in [0, 0.1) is 17.0 Å². The van der Waals surface area contributed by atoms with E-state index in [1.54, 1.807) is 57.2 Å². The molecule has 0 saturated heterocycles. The first-order valence-electron chi connectivity index (χ1n) is 14.3. The van der Waals surface area contributed by atoms with Crippen molar-refractivity contribution in [3.8, 4) is 11.5 Å². The maximum Gasteiger partial charge on any atom is 0.338 e. The number of thiazole rings is 1. The van der Waals surface area contributed by atoms with E-state index in [4.69, 9.17) is 25.8 Å². The molecule has 0 N–H and O–H groups in total. The number of hydrogen-bond donors (Lipinski definition) is 0. The van der Waals surface area contributed by atoms with Gasteiger partial charge < -0.3 is 14.2 Å². The van der Waals surface area contributed by atoms with Gasteiger partial charge in [0.2, 0.25) is 0 Å². The number of nitro groups is 1. The number of ether oxygens (including phenoxy) is 3. The molecule has 1 aliphatic heterocycles. The van der Waals surface area contributed by atoms with Crippen LogP contribution in [-0.4, -0.2) is 28.7 Å². The van der Waals surface area contributed by atoms with Gasteiger partial charge in [0.1, 0.15) is 6.61 Å². The number of benzene rings is 3. The third kappa shape index (κ3) is 6.79. The molecule has 1 aliphatic rings. The molecule has 13 heteroatoms. The standard InChI is InChI=1S/C33H29BrClN3O7S/c1-5-43-26-14-21(13-24(34)30(26)45-17-20-8-11-23(35)12-9-20)15-27-31(39)37-29(22-10-7-18(3)25(16-22)38(41)42)28(32(40)44-6-2)19(4)36-33(37)46-27/h7-16,29H,5-6,17H2,1-4H3/b27-15+/t29-/m0/s1. The molecular formula is C33H29BrClN3O7S. The van der Waals surface area contributed by atoms with Crippen molar-refractivity contribution in [3.63, 3.8) is 0 Å². The van der Waals surface area contributed by atoms with Crippen LogP contribution in [0.1, 0.15) is 49.1 Å². The molecule has 2 heterocycles. The van der Waals surface area contributed by atoms with Gasteiger partial charge in [0.25, 0.3) is 11.2 Å². The number of nitro benzene ring substituents is 1. The summed E-state index contributed by atoms with van der Waals surface area (Å²) in [5, 5.41) is 12.4. The molecule has 0 spiro atoms. The summed E-state index contributed by atoms with van der Waals surface area (Å²) in [5.41, 5.74) is 2.40. The lowest BCUT2D eigenvalue weighted by Crippen LogP contribution is -2.40. The van der Waals surface area contributed by atoms with Crippen LogP contribution in [0.15, 0.2) is 80.1 Å². The van der Waals surface area contributed by atoms with Crippen LogP contribution in [0.4, 0.5) is 5.69 Å². The average molecular weight is 727 g/mol. The Morgan fingerprint density at radius 3 is 2.52 bits per heavy atom. The van der Waals surface area contributed by atoms with Crippen molar-refractivity contribution in [2.24, 2.45) is 4.99 Å². The minimum absolute atomic E-state index is 0.108. The van der Waals surface area contributed by atoms with Crippen molar-refractivity contribution in [1.29, 1.82) is 0 Å². The summed E-state index contributed by atoms with van der Waals surface area (Å²) in [6.45, 7) is 7.60. The zero-order valence-corrected chi connectivity index (χ0v) is 28.5. The smallest absolute Gasteiger partial charge is 0.338 e. The third-order valence-corrected chi connectivity index (χ3v) is 9.01. The summed E-state index contributed by atoms with van der Waals surface area (Å²) < 4.78 is 19.7. The van der Waals surface area contributed by atoms with E-state index in [0.717, 1.165) is 16.9 Å². The van der Waals surface area contributed by atoms with Gasteiger partial charge >= 0.3 is 5.97 Å². The average Bonchev–Trinajstić information content (AvgIpc) is 3.31. The zero-order chi connectivity index (χ0) is 33.1. The summed E-state index contributed by atoms with van der Waals surface area (Å²) in [5.74, 6) is 0.340. The lowest BCUT2D eigenvalue weighted by molar-refractivity contribution is -0.385. The fourth-order valence-corrected chi connectivity index (χ4v) is 6.81. The van der Waals surface area contributed by atoms with Gasteiger partial charge in [-0.1, -0.05) is 47.2 Å². The van der Waals surface area contributed by atoms with Crippen molar-refractivity contribution in [3.05, 3.63) is 127 Å². The molecule has 0 unspecified atom stereocenters. The highest BCUT2D eigenvalue weighted by atomic mass is 79.9. The summed E-state index contributed by atoms with van der Waals surface area (Å²) >= 11 is 10.7. The first kappa shape index (κ1) is 33.1. The van der Waals surface area contributed by atoms with Crippen molar-refractivity contribution in [2.75, 3.05) is 13.2 Å². The van der Waals surface area contributed by atoms with E-state index in [-0.39, 0.29) is 24.5 Å². The van der Waals surface area contributed by atoms with Crippen LogP contribution < -0.4 is 24.4 Å². The number of halogens is 2. The van der Waals surface area contributed by atoms with Crippen LogP contribution in [0.2, 0.25) is 5.02 Å². The molecule has 0 bridgehead atoms. The van der Waals surface area contributed by atoms with E-state index in [0.29, 0.717) is 59.3 Å². The Hall–Kier alpha value is -4.26. The normalized spacial score (nSPS) is 14.5. The van der Waals surface area contributed by atoms with Crippen LogP contribution in [0.3, 0.4) is 0 Å². The highest BCUT2D eigenvalue weighted by molar-refractivity contribution is 9.10. The number of carbonyl (C=O) groups excluding carboxylic acids is 1. The number of fused-ring (bicyclic) bond motifs is 1. The van der Waals surface area contributed by atoms with E-state index < -0.39 is 22.5 Å². The Bertz CT molecular complexity index is 2050. The largest absolute Gasteiger partial charge is 0.490 e. The van der Waals surface area contributed by atoms with E-state index in [2.05, 4.69) is 20.9 Å². The maximum atomic E-state index is 14.1. The molecule has 1 atom stereocenters. The van der Waals surface area contributed by atoms with E-state index >= 15 is 0 Å². The molecule has 0 amide bonds. The molecule has 238 valence electrons. The third-order valence-electron chi connectivity index (χ3n) is 7.19. The second kappa shape index (κ2) is 14.0. The van der Waals surface area contributed by atoms with Crippen LogP contribution in [0.5, 0.6) is 11.5 Å². The minimum Gasteiger partial charge on any atom is -0.490 e. The number of rotatable bonds is 10. The first-order valence-corrected chi connectivity index (χ1v) is 16.3. The Morgan fingerprint density at radius 1 is 1.11 bits per heavy atom. The molecule has 5 rings (SSSR count). The van der Waals surface area contributed by atoms with Gasteiger partial charge in [-0.15, -0.1) is 0 Å². The first-order chi connectivity index (χ1) is 22.0. The minimum atomic E-state index is -0.980. The molecule has 0 fully saturated rings. The van der Waals surface area contributed by atoms with Gasteiger partial charge in [-0.3, -0.25) is 19.5 Å². The zero-order valence-electron chi connectivity index (χ0n) is 25.3. The van der Waals surface area contributed by atoms with Gasteiger partial charge in [-0.05, 0) is 90.7 Å². The van der Waals surface area contributed by atoms with Crippen molar-refractivity contribution < 1.29 is 23.9 Å². The Balaban J connectivity index is 1.61. The monoisotopic (exact) mass is 725 g/mol. The Labute approximate surface area is 281 Å². The van der Waals surface area contributed by atoms with E-state index in [1.165, 1.54) is 10.6 Å². The topological polar surface area (TPSA) is 122 Å². The van der Waals surface area contributed by atoms with Gasteiger partial charge in [0.15, 0.2) is 16.3 Å². The number of nitrogens with zero attached hydrogens (tertiary/aromatic N) is 3. The molecule has 46 heavy (non-hydrogen) atoms. The quantitative estimate of drug-likeness (QED) is 0.105. The van der Waals surface area contributed by atoms with E-state index in [1.807, 2.05) is 25.1 Å². The number of aromatic nitrogens is 1. The number of allylic oxidation sites excluding steroid dienone is 1. The Morgan fingerprint density at radius 2 is 1.85 bits per heavy atom. The molecule has 0 radical (unpaired) electrons. The predicted octanol–water partition coefficient (Wildman–Crippen LogP) is 6.41. The second-order valence-electron chi connectivity index (χ2n) is 10.3. The number of esters is 1. The van der Waals surface area contributed by atoms with Crippen LogP contribution in [0.25, 0.3) is 6.08 Å². The van der Waals surface area contributed by atoms with E-state index in [9.17, 15) is 19.7 Å². The maximum absolute atomic E-state index is 14.1. The summed E-state index contributed by atoms with van der Waals surface area (Å²) in [6, 6.07) is 14.6. The second-order valence-corrected chi connectivity index (χ2v) is 12.6. The fourth-order valence-electron chi connectivity index (χ4n) is 5.06. The van der Waals surface area contributed by atoms with Crippen molar-refractivity contribution in [1.82, 2.24) is 4.57 Å². The lowest BCUT2D eigenvalue weighted by atomic mass is 9.94. The highest BCUT2D eigenvalue weighted by Crippen LogP contribution is 2.38. The number of carbonyl (C=O) groups is 1. The van der Waals surface area contributed by atoms with Gasteiger partial charge in [0, 0.05) is 16.7 Å². The summed E-state index contributed by atoms with van der Waals surface area (Å²) in [4.78, 5) is 43.5. The van der Waals surface area contributed by atoms with Crippen LogP contribution in [-0.2, 0) is 16.1 Å².